The van der Waals surface area contributed by atoms with E-state index in [1.165, 1.54) is 11.3 Å². The highest BCUT2D eigenvalue weighted by Gasteiger charge is 2.32. The Morgan fingerprint density at radius 3 is 2.89 bits per heavy atom. The Bertz CT molecular complexity index is 524. The van der Waals surface area contributed by atoms with Gasteiger partial charge < -0.3 is 0 Å². The molecule has 1 atom stereocenters. The van der Waals surface area contributed by atoms with E-state index in [1.54, 1.807) is 4.31 Å². The van der Waals surface area contributed by atoms with Gasteiger partial charge in [-0.05, 0) is 36.6 Å². The third kappa shape index (κ3) is 2.59. The first-order chi connectivity index (χ1) is 8.46. The minimum absolute atomic E-state index is 0.260. The van der Waals surface area contributed by atoms with Gasteiger partial charge in [-0.3, -0.25) is 0 Å². The average molecular weight is 308 g/mol. The summed E-state index contributed by atoms with van der Waals surface area (Å²) in [5.41, 5.74) is 0.814. The number of piperidine rings is 1. The number of aryl methyl sites for hydroxylation is 1. The van der Waals surface area contributed by atoms with Crippen LogP contribution in [0.3, 0.4) is 0 Å². The van der Waals surface area contributed by atoms with Crippen molar-refractivity contribution in [2.75, 3.05) is 13.1 Å². The summed E-state index contributed by atoms with van der Waals surface area (Å²) in [6, 6.07) is 0. The minimum atomic E-state index is -3.37. The molecule has 2 rings (SSSR count). The van der Waals surface area contributed by atoms with Crippen LogP contribution in [0.2, 0.25) is 0 Å². The highest BCUT2D eigenvalue weighted by molar-refractivity contribution is 7.89. The smallest absolute Gasteiger partial charge is 0.207 e. The number of sulfonamides is 1. The maximum Gasteiger partial charge on any atom is 0.244 e. The predicted molar refractivity (Wildman–Crippen MR) is 75.8 cm³/mol. The number of alkyl halides is 1. The van der Waals surface area contributed by atoms with E-state index in [9.17, 15) is 8.42 Å². The van der Waals surface area contributed by atoms with Gasteiger partial charge in [0.15, 0.2) is 0 Å². The maximum absolute atomic E-state index is 12.7. The molecular formula is C12H18ClNO2S2. The van der Waals surface area contributed by atoms with Crippen LogP contribution in [-0.4, -0.2) is 25.8 Å². The van der Waals surface area contributed by atoms with Crippen LogP contribution in [0, 0.1) is 12.8 Å². The Balaban J connectivity index is 2.38. The first-order valence-electron chi connectivity index (χ1n) is 6.10. The highest BCUT2D eigenvalue weighted by Crippen LogP contribution is 2.32. The van der Waals surface area contributed by atoms with E-state index in [2.05, 4.69) is 6.92 Å². The molecule has 0 bridgehead atoms. The summed E-state index contributed by atoms with van der Waals surface area (Å²) in [5.74, 6) is 0.697. The van der Waals surface area contributed by atoms with E-state index < -0.39 is 10.0 Å². The summed E-state index contributed by atoms with van der Waals surface area (Å²) in [4.78, 5) is 1.20. The molecular weight excluding hydrogens is 290 g/mol. The first kappa shape index (κ1) is 14.3. The van der Waals surface area contributed by atoms with Crippen LogP contribution in [-0.2, 0) is 15.9 Å². The monoisotopic (exact) mass is 307 g/mol. The Kier molecular flexibility index (Phi) is 4.36. The lowest BCUT2D eigenvalue weighted by molar-refractivity contribution is 0.281. The molecule has 1 unspecified atom stereocenters. The number of thiophene rings is 1. The van der Waals surface area contributed by atoms with E-state index in [-0.39, 0.29) is 5.88 Å². The topological polar surface area (TPSA) is 37.4 Å². The molecule has 1 fully saturated rings. The largest absolute Gasteiger partial charge is 0.244 e. The van der Waals surface area contributed by atoms with Crippen LogP contribution < -0.4 is 0 Å². The molecule has 18 heavy (non-hydrogen) atoms. The number of hydrogen-bond donors (Lipinski definition) is 0. The van der Waals surface area contributed by atoms with Crippen molar-refractivity contribution in [2.45, 2.75) is 37.5 Å². The molecule has 3 nitrogen and oxygen atoms in total. The summed E-state index contributed by atoms with van der Waals surface area (Å²) < 4.78 is 27.0. The van der Waals surface area contributed by atoms with Gasteiger partial charge in [0.05, 0.1) is 5.88 Å². The Hall–Kier alpha value is -0.100. The number of hydrogen-bond acceptors (Lipinski definition) is 3. The lowest BCUT2D eigenvalue weighted by Crippen LogP contribution is -2.39. The minimum Gasteiger partial charge on any atom is -0.207 e. The molecule has 1 aromatic heterocycles. The van der Waals surface area contributed by atoms with Gasteiger partial charge in [0.1, 0.15) is 4.90 Å². The second-order valence-electron chi connectivity index (χ2n) is 4.92. The summed E-state index contributed by atoms with van der Waals surface area (Å²) in [7, 11) is -3.37. The van der Waals surface area contributed by atoms with Crippen molar-refractivity contribution < 1.29 is 8.42 Å². The van der Waals surface area contributed by atoms with Crippen molar-refractivity contribution in [1.29, 1.82) is 0 Å². The molecule has 0 N–H and O–H groups in total. The Morgan fingerprint density at radius 1 is 1.56 bits per heavy atom. The van der Waals surface area contributed by atoms with Gasteiger partial charge in [0, 0.05) is 18.0 Å². The Labute approximate surface area is 118 Å². The fourth-order valence-corrected chi connectivity index (χ4v) is 6.03. The second-order valence-corrected chi connectivity index (χ2v) is 8.02. The van der Waals surface area contributed by atoms with E-state index in [0.717, 1.165) is 23.3 Å². The molecule has 0 saturated carbocycles. The summed E-state index contributed by atoms with van der Waals surface area (Å²) in [6.45, 7) is 5.19. The third-order valence-electron chi connectivity index (χ3n) is 3.33. The summed E-state index contributed by atoms with van der Waals surface area (Å²) in [5, 5.41) is 1.87. The number of rotatable bonds is 3. The van der Waals surface area contributed by atoms with Crippen LogP contribution in [0.1, 0.15) is 30.2 Å². The molecule has 1 aromatic rings. The zero-order valence-corrected chi connectivity index (χ0v) is 13.0. The standard InChI is InChI=1S/C12H18ClNO2S2/c1-9-4-3-5-14(7-9)18(15,16)12-10(2)8-17-11(12)6-13/h8-9H,3-7H2,1-2H3. The van der Waals surface area contributed by atoms with Crippen LogP contribution in [0.25, 0.3) is 0 Å². The van der Waals surface area contributed by atoms with Gasteiger partial charge >= 0.3 is 0 Å². The van der Waals surface area contributed by atoms with Crippen molar-refractivity contribution in [3.63, 3.8) is 0 Å². The van der Waals surface area contributed by atoms with E-state index in [1.807, 2.05) is 12.3 Å². The number of halogens is 1. The lowest BCUT2D eigenvalue weighted by Gasteiger charge is -2.30. The van der Waals surface area contributed by atoms with Gasteiger partial charge in [-0.2, -0.15) is 4.31 Å². The fraction of sp³-hybridized carbons (Fsp3) is 0.667. The first-order valence-corrected chi connectivity index (χ1v) is 8.95. The molecule has 0 aliphatic carbocycles. The van der Waals surface area contributed by atoms with Gasteiger partial charge in [-0.25, -0.2) is 8.42 Å². The van der Waals surface area contributed by atoms with Crippen molar-refractivity contribution in [1.82, 2.24) is 4.31 Å². The van der Waals surface area contributed by atoms with Crippen molar-refractivity contribution in [2.24, 2.45) is 5.92 Å². The van der Waals surface area contributed by atoms with Gasteiger partial charge in [0.25, 0.3) is 0 Å². The maximum atomic E-state index is 12.7. The fourth-order valence-electron chi connectivity index (χ4n) is 2.42. The van der Waals surface area contributed by atoms with E-state index in [4.69, 9.17) is 11.6 Å². The molecule has 0 amide bonds. The van der Waals surface area contributed by atoms with Gasteiger partial charge in [-0.1, -0.05) is 6.92 Å². The molecule has 0 radical (unpaired) electrons. The molecule has 1 aliphatic rings. The molecule has 1 saturated heterocycles. The van der Waals surface area contributed by atoms with Crippen LogP contribution in [0.5, 0.6) is 0 Å². The zero-order valence-electron chi connectivity index (χ0n) is 10.6. The van der Waals surface area contributed by atoms with Crippen LogP contribution >= 0.6 is 22.9 Å². The van der Waals surface area contributed by atoms with Crippen molar-refractivity contribution >= 4 is 33.0 Å². The normalized spacial score (nSPS) is 22.3. The van der Waals surface area contributed by atoms with Crippen LogP contribution in [0.15, 0.2) is 10.3 Å². The van der Waals surface area contributed by atoms with E-state index >= 15 is 0 Å². The molecule has 2 heterocycles. The molecule has 0 spiro atoms. The van der Waals surface area contributed by atoms with Crippen molar-refractivity contribution in [3.8, 4) is 0 Å². The lowest BCUT2D eigenvalue weighted by atomic mass is 10.0. The average Bonchev–Trinajstić information content (AvgIpc) is 2.71. The summed E-state index contributed by atoms with van der Waals surface area (Å²) >= 11 is 7.28. The predicted octanol–water partition coefficient (Wildman–Crippen LogP) is 3.22. The zero-order chi connectivity index (χ0) is 13.3. The van der Waals surface area contributed by atoms with Crippen LogP contribution in [0.4, 0.5) is 0 Å². The van der Waals surface area contributed by atoms with Gasteiger partial charge in [-0.15, -0.1) is 22.9 Å². The summed E-state index contributed by atoms with van der Waals surface area (Å²) in [6.07, 6.45) is 2.05. The quantitative estimate of drug-likeness (QED) is 0.804. The molecule has 102 valence electrons. The molecule has 0 aromatic carbocycles. The molecule has 6 heteroatoms. The van der Waals surface area contributed by atoms with Gasteiger partial charge in [0.2, 0.25) is 10.0 Å². The highest BCUT2D eigenvalue weighted by atomic mass is 35.5. The van der Waals surface area contributed by atoms with Crippen molar-refractivity contribution in [3.05, 3.63) is 15.8 Å². The Morgan fingerprint density at radius 2 is 2.28 bits per heavy atom. The second kappa shape index (κ2) is 5.49. The van der Waals surface area contributed by atoms with E-state index in [0.29, 0.717) is 23.9 Å². The number of nitrogens with zero attached hydrogens (tertiary/aromatic N) is 1. The molecule has 1 aliphatic heterocycles. The third-order valence-corrected chi connectivity index (χ3v) is 7.08. The SMILES string of the molecule is Cc1csc(CCl)c1S(=O)(=O)N1CCCC(C)C1.